The Hall–Kier alpha value is -4.00. The van der Waals surface area contributed by atoms with Gasteiger partial charge >= 0.3 is 0 Å². The largest absolute Gasteiger partial charge is 0.335 e. The van der Waals surface area contributed by atoms with E-state index >= 15 is 0 Å². The van der Waals surface area contributed by atoms with Crippen LogP contribution in [0.4, 0.5) is 4.39 Å². The highest BCUT2D eigenvalue weighted by molar-refractivity contribution is 7.88. The number of rotatable bonds is 8. The monoisotopic (exact) mass is 575 g/mol. The normalized spacial score (nSPS) is 19.3. The van der Waals surface area contributed by atoms with Crippen LogP contribution in [-0.4, -0.2) is 82.2 Å². The summed E-state index contributed by atoms with van der Waals surface area (Å²) in [5, 5.41) is 10.5. The summed E-state index contributed by atoms with van der Waals surface area (Å²) in [6.45, 7) is 1.52. The minimum atomic E-state index is -3.31. The average molecular weight is 576 g/mol. The maximum Gasteiger partial charge on any atom is 0.272 e. The lowest BCUT2D eigenvalue weighted by atomic mass is 10.1. The molecule has 1 saturated carbocycles. The molecular formula is C29H30FN7O3S. The van der Waals surface area contributed by atoms with Crippen molar-refractivity contribution in [3.05, 3.63) is 89.6 Å². The SMILES string of the molecule is CS(=O)(=O)N1CCN(C(=O)c2cc(CN[C@@H]3C[C@H]3c3ccc(F)cc3)nc(-c3ccc(-c4ccn[nH]4)cc3)n2)CC1. The molecule has 0 bridgehead atoms. The number of carbonyl (C=O) groups excluding carboxylic acids is 1. The minimum Gasteiger partial charge on any atom is -0.335 e. The first-order valence-electron chi connectivity index (χ1n) is 13.5. The topological polar surface area (TPSA) is 124 Å². The summed E-state index contributed by atoms with van der Waals surface area (Å²) in [6.07, 6.45) is 3.81. The number of nitrogens with one attached hydrogen (secondary N) is 2. The van der Waals surface area contributed by atoms with Gasteiger partial charge in [-0.15, -0.1) is 0 Å². The Morgan fingerprint density at radius 3 is 2.37 bits per heavy atom. The Bertz CT molecular complexity index is 1640. The number of sulfonamides is 1. The van der Waals surface area contributed by atoms with Crippen LogP contribution in [0.15, 0.2) is 66.9 Å². The molecule has 1 aliphatic carbocycles. The van der Waals surface area contributed by atoms with Crippen LogP contribution in [0, 0.1) is 5.82 Å². The van der Waals surface area contributed by atoms with Crippen LogP contribution in [-0.2, 0) is 16.6 Å². The van der Waals surface area contributed by atoms with Crippen LogP contribution in [0.1, 0.15) is 34.1 Å². The van der Waals surface area contributed by atoms with Gasteiger partial charge in [0.25, 0.3) is 5.91 Å². The van der Waals surface area contributed by atoms with Crippen LogP contribution in [0.5, 0.6) is 0 Å². The molecule has 41 heavy (non-hydrogen) atoms. The summed E-state index contributed by atoms with van der Waals surface area (Å²) in [5.74, 6) is 0.233. The van der Waals surface area contributed by atoms with Gasteiger partial charge in [0.15, 0.2) is 5.82 Å². The van der Waals surface area contributed by atoms with Gasteiger partial charge in [-0.1, -0.05) is 36.4 Å². The van der Waals surface area contributed by atoms with E-state index in [1.54, 1.807) is 17.2 Å². The van der Waals surface area contributed by atoms with Crippen LogP contribution in [0.25, 0.3) is 22.6 Å². The molecule has 1 saturated heterocycles. The van der Waals surface area contributed by atoms with Gasteiger partial charge in [-0.3, -0.25) is 9.89 Å². The van der Waals surface area contributed by atoms with Crippen molar-refractivity contribution >= 4 is 15.9 Å². The van der Waals surface area contributed by atoms with Crippen LogP contribution in [0.3, 0.4) is 0 Å². The molecule has 3 heterocycles. The number of H-pyrrole nitrogens is 1. The van der Waals surface area contributed by atoms with Gasteiger partial charge in [-0.25, -0.2) is 22.8 Å². The van der Waals surface area contributed by atoms with E-state index < -0.39 is 10.0 Å². The highest BCUT2D eigenvalue weighted by Gasteiger charge is 2.38. The van der Waals surface area contributed by atoms with Crippen molar-refractivity contribution in [3.63, 3.8) is 0 Å². The molecule has 6 rings (SSSR count). The van der Waals surface area contributed by atoms with E-state index in [1.807, 2.05) is 42.5 Å². The zero-order chi connectivity index (χ0) is 28.6. The van der Waals surface area contributed by atoms with Gasteiger partial charge in [-0.05, 0) is 41.8 Å². The Labute approximate surface area is 237 Å². The fraction of sp³-hybridized carbons (Fsp3) is 0.310. The average Bonchev–Trinajstić information content (AvgIpc) is 3.55. The fourth-order valence-electron chi connectivity index (χ4n) is 5.16. The van der Waals surface area contributed by atoms with Crippen LogP contribution in [0.2, 0.25) is 0 Å². The van der Waals surface area contributed by atoms with Crippen molar-refractivity contribution in [1.82, 2.24) is 34.7 Å². The molecule has 212 valence electrons. The van der Waals surface area contributed by atoms with Gasteiger partial charge in [0.1, 0.15) is 11.5 Å². The third-order valence-corrected chi connectivity index (χ3v) is 8.89. The van der Waals surface area contributed by atoms with Crippen molar-refractivity contribution < 1.29 is 17.6 Å². The summed E-state index contributed by atoms with van der Waals surface area (Å²) in [6, 6.07) is 18.1. The second kappa shape index (κ2) is 11.1. The third-order valence-electron chi connectivity index (χ3n) is 7.58. The zero-order valence-electron chi connectivity index (χ0n) is 22.5. The summed E-state index contributed by atoms with van der Waals surface area (Å²) in [4.78, 5) is 24.6. The second-order valence-corrected chi connectivity index (χ2v) is 12.4. The number of benzene rings is 2. The molecule has 0 radical (unpaired) electrons. The third kappa shape index (κ3) is 6.19. The molecule has 1 aliphatic heterocycles. The smallest absolute Gasteiger partial charge is 0.272 e. The van der Waals surface area contributed by atoms with Gasteiger partial charge in [0, 0.05) is 56.4 Å². The number of hydrogen-bond acceptors (Lipinski definition) is 7. The van der Waals surface area contributed by atoms with Crippen molar-refractivity contribution in [3.8, 4) is 22.6 Å². The van der Waals surface area contributed by atoms with Crippen molar-refractivity contribution in [2.45, 2.75) is 24.9 Å². The predicted molar refractivity (Wildman–Crippen MR) is 152 cm³/mol. The number of aromatic amines is 1. The predicted octanol–water partition coefficient (Wildman–Crippen LogP) is 3.04. The minimum absolute atomic E-state index is 0.232. The Kier molecular flexibility index (Phi) is 7.37. The zero-order valence-corrected chi connectivity index (χ0v) is 23.3. The van der Waals surface area contributed by atoms with Crippen molar-refractivity contribution in [2.24, 2.45) is 0 Å². The highest BCUT2D eigenvalue weighted by Crippen LogP contribution is 2.41. The lowest BCUT2D eigenvalue weighted by Crippen LogP contribution is -2.50. The van der Waals surface area contributed by atoms with E-state index in [1.165, 1.54) is 22.7 Å². The Balaban J connectivity index is 1.22. The summed E-state index contributed by atoms with van der Waals surface area (Å²) in [7, 11) is -3.31. The maximum absolute atomic E-state index is 13.5. The molecule has 12 heteroatoms. The number of aromatic nitrogens is 4. The Morgan fingerprint density at radius 1 is 1.00 bits per heavy atom. The molecule has 2 aliphatic rings. The molecule has 1 amide bonds. The van der Waals surface area contributed by atoms with Crippen molar-refractivity contribution in [1.29, 1.82) is 0 Å². The first-order chi connectivity index (χ1) is 19.7. The lowest BCUT2D eigenvalue weighted by Gasteiger charge is -2.33. The second-order valence-electron chi connectivity index (χ2n) is 10.5. The molecule has 2 atom stereocenters. The number of amides is 1. The van der Waals surface area contributed by atoms with Gasteiger partial charge in [0.2, 0.25) is 10.0 Å². The van der Waals surface area contributed by atoms with Gasteiger partial charge in [-0.2, -0.15) is 9.40 Å². The first-order valence-corrected chi connectivity index (χ1v) is 15.3. The molecule has 4 aromatic rings. The first kappa shape index (κ1) is 27.2. The molecular weight excluding hydrogens is 545 g/mol. The number of halogens is 1. The number of piperazine rings is 1. The quantitative estimate of drug-likeness (QED) is 0.331. The standard InChI is InChI=1S/C29H30FN7O3S/c1-41(39,40)37-14-12-36(13-15-37)29(38)27-16-23(18-31-26-17-24(26)19-6-8-22(30)9-7-19)33-28(34-27)21-4-2-20(3-5-21)25-10-11-32-35-25/h2-11,16,24,26,31H,12-15,17-18H2,1H3,(H,32,35)/t24-,26+/m0/s1. The van der Waals surface area contributed by atoms with E-state index in [2.05, 4.69) is 20.5 Å². The molecule has 10 nitrogen and oxygen atoms in total. The summed E-state index contributed by atoms with van der Waals surface area (Å²) in [5.41, 5.74) is 4.65. The van der Waals surface area contributed by atoms with E-state index in [0.717, 1.165) is 28.8 Å². The van der Waals surface area contributed by atoms with E-state index in [0.29, 0.717) is 37.1 Å². The van der Waals surface area contributed by atoms with Gasteiger partial charge < -0.3 is 10.2 Å². The van der Waals surface area contributed by atoms with Crippen molar-refractivity contribution in [2.75, 3.05) is 32.4 Å². The van der Waals surface area contributed by atoms with E-state index in [-0.39, 0.29) is 36.5 Å². The maximum atomic E-state index is 13.5. The summed E-state index contributed by atoms with van der Waals surface area (Å²) >= 11 is 0. The van der Waals surface area contributed by atoms with E-state index in [9.17, 15) is 17.6 Å². The Morgan fingerprint density at radius 2 is 1.71 bits per heavy atom. The van der Waals surface area contributed by atoms with Crippen LogP contribution >= 0.6 is 0 Å². The highest BCUT2D eigenvalue weighted by atomic mass is 32.2. The van der Waals surface area contributed by atoms with E-state index in [4.69, 9.17) is 4.98 Å². The van der Waals surface area contributed by atoms with Crippen LogP contribution < -0.4 is 5.32 Å². The molecule has 2 fully saturated rings. The molecule has 2 aromatic heterocycles. The molecule has 2 aromatic carbocycles. The van der Waals surface area contributed by atoms with Gasteiger partial charge in [0.05, 0.1) is 17.6 Å². The fourth-order valence-corrected chi connectivity index (χ4v) is 5.99. The molecule has 0 unspecified atom stereocenters. The summed E-state index contributed by atoms with van der Waals surface area (Å²) < 4.78 is 38.5. The number of nitrogens with zero attached hydrogens (tertiary/aromatic N) is 5. The molecule has 0 spiro atoms. The lowest BCUT2D eigenvalue weighted by molar-refractivity contribution is 0.0692. The molecule has 2 N–H and O–H groups in total. The number of hydrogen-bond donors (Lipinski definition) is 2. The number of carbonyl (C=O) groups is 1.